The molecular formula is C33H26FN5O4. The number of hydrogen-bond acceptors (Lipinski definition) is 7. The maximum atomic E-state index is 13.6. The van der Waals surface area contributed by atoms with Crippen LogP contribution in [0, 0.1) is 5.82 Å². The molecule has 0 fully saturated rings. The highest BCUT2D eigenvalue weighted by Gasteiger charge is 2.17. The Morgan fingerprint density at radius 2 is 1.84 bits per heavy atom. The molecule has 0 saturated carbocycles. The van der Waals surface area contributed by atoms with Gasteiger partial charge in [0.15, 0.2) is 12.4 Å². The van der Waals surface area contributed by atoms with Crippen molar-refractivity contribution < 1.29 is 18.3 Å². The van der Waals surface area contributed by atoms with E-state index in [9.17, 15) is 14.0 Å². The average Bonchev–Trinajstić information content (AvgIpc) is 3.44. The average molecular weight is 576 g/mol. The summed E-state index contributed by atoms with van der Waals surface area (Å²) >= 11 is 0. The smallest absolute Gasteiger partial charge is 0.282 e. The van der Waals surface area contributed by atoms with Crippen LogP contribution in [-0.2, 0) is 4.79 Å². The van der Waals surface area contributed by atoms with Gasteiger partial charge in [-0.25, -0.2) is 9.37 Å². The molecule has 0 aliphatic carbocycles. The second-order valence-electron chi connectivity index (χ2n) is 9.93. The van der Waals surface area contributed by atoms with Gasteiger partial charge in [0, 0.05) is 42.5 Å². The summed E-state index contributed by atoms with van der Waals surface area (Å²) in [5.74, 6) is 0.0475. The number of ether oxygens (including phenoxy) is 1. The predicted octanol–water partition coefficient (Wildman–Crippen LogP) is 5.91. The van der Waals surface area contributed by atoms with E-state index in [1.165, 1.54) is 29.1 Å². The van der Waals surface area contributed by atoms with Crippen LogP contribution in [0.15, 0.2) is 111 Å². The third-order valence-corrected chi connectivity index (χ3v) is 6.69. The quantitative estimate of drug-likeness (QED) is 0.226. The van der Waals surface area contributed by atoms with Crippen molar-refractivity contribution in [3.05, 3.63) is 119 Å². The third kappa shape index (κ3) is 5.84. The lowest BCUT2D eigenvalue weighted by Gasteiger charge is -2.16. The van der Waals surface area contributed by atoms with Gasteiger partial charge in [0.1, 0.15) is 17.1 Å². The fourth-order valence-corrected chi connectivity index (χ4v) is 4.54. The highest BCUT2D eigenvalue weighted by atomic mass is 19.1. The topological polar surface area (TPSA) is 102 Å². The van der Waals surface area contributed by atoms with Crippen LogP contribution in [0.5, 0.6) is 5.75 Å². The summed E-state index contributed by atoms with van der Waals surface area (Å²) in [6.45, 7) is -0.337. The van der Waals surface area contributed by atoms with Crippen LogP contribution in [0.25, 0.3) is 33.5 Å². The number of anilines is 2. The lowest BCUT2D eigenvalue weighted by molar-refractivity contribution is -0.118. The number of furan rings is 1. The van der Waals surface area contributed by atoms with Crippen molar-refractivity contribution in [3.63, 3.8) is 0 Å². The first kappa shape index (κ1) is 27.4. The minimum Gasteiger partial charge on any atom is -0.483 e. The van der Waals surface area contributed by atoms with Crippen molar-refractivity contribution in [2.45, 2.75) is 0 Å². The first-order chi connectivity index (χ1) is 20.9. The van der Waals surface area contributed by atoms with E-state index in [1.54, 1.807) is 36.4 Å². The Morgan fingerprint density at radius 1 is 1.02 bits per heavy atom. The lowest BCUT2D eigenvalue weighted by atomic mass is 10.2. The maximum Gasteiger partial charge on any atom is 0.282 e. The zero-order valence-electron chi connectivity index (χ0n) is 23.3. The molecule has 1 amide bonds. The summed E-state index contributed by atoms with van der Waals surface area (Å²) in [7, 11) is 3.76. The predicted molar refractivity (Wildman–Crippen MR) is 165 cm³/mol. The van der Waals surface area contributed by atoms with E-state index in [0.717, 1.165) is 11.1 Å². The number of para-hydroxylation sites is 2. The molecule has 0 saturated heterocycles. The van der Waals surface area contributed by atoms with Gasteiger partial charge in [-0.05, 0) is 54.6 Å². The normalized spacial score (nSPS) is 11.3. The minimum absolute atomic E-state index is 0.234. The van der Waals surface area contributed by atoms with Gasteiger partial charge in [0.25, 0.3) is 11.5 Å². The Hall–Kier alpha value is -5.77. The standard InChI is InChI=1S/C33H26FN5O4/c1-38(2)25-15-14-22(29(18-25)42-20-31(40)36-24-10-7-9-23(34)17-24)19-35-39-32(30-16-21-8-3-6-13-28(21)43-30)37-27-12-5-4-11-26(27)33(39)41/h3-19H,20H2,1-2H3,(H,36,40). The summed E-state index contributed by atoms with van der Waals surface area (Å²) < 4.78 is 26.7. The van der Waals surface area contributed by atoms with Crippen molar-refractivity contribution >= 4 is 45.4 Å². The van der Waals surface area contributed by atoms with Crippen LogP contribution in [0.3, 0.4) is 0 Å². The molecule has 0 spiro atoms. The van der Waals surface area contributed by atoms with Crippen LogP contribution in [0.2, 0.25) is 0 Å². The number of carbonyl (C=O) groups excluding carboxylic acids is 1. The second-order valence-corrected chi connectivity index (χ2v) is 9.93. The van der Waals surface area contributed by atoms with Gasteiger partial charge in [-0.1, -0.05) is 36.4 Å². The summed E-state index contributed by atoms with van der Waals surface area (Å²) in [4.78, 5) is 32.8. The van der Waals surface area contributed by atoms with Gasteiger partial charge in [-0.3, -0.25) is 9.59 Å². The third-order valence-electron chi connectivity index (χ3n) is 6.69. The SMILES string of the molecule is CN(C)c1ccc(C=Nn2c(-c3cc4ccccc4o3)nc3ccccc3c2=O)c(OCC(=O)Nc2cccc(F)c2)c1. The molecule has 214 valence electrons. The minimum atomic E-state index is -0.467. The van der Waals surface area contributed by atoms with Crippen molar-refractivity contribution in [2.24, 2.45) is 5.10 Å². The Bertz CT molecular complexity index is 2030. The number of aromatic nitrogens is 2. The summed E-state index contributed by atoms with van der Waals surface area (Å²) in [5, 5.41) is 8.41. The zero-order valence-corrected chi connectivity index (χ0v) is 23.3. The molecule has 6 aromatic rings. The van der Waals surface area contributed by atoms with E-state index in [4.69, 9.17) is 14.1 Å². The molecule has 0 atom stereocenters. The molecule has 43 heavy (non-hydrogen) atoms. The Labute approximate surface area is 245 Å². The Morgan fingerprint density at radius 3 is 2.65 bits per heavy atom. The van der Waals surface area contributed by atoms with Gasteiger partial charge in [0.2, 0.25) is 5.82 Å². The van der Waals surface area contributed by atoms with Gasteiger partial charge in [0.05, 0.1) is 17.1 Å². The molecule has 0 aliphatic rings. The second kappa shape index (κ2) is 11.6. The maximum absolute atomic E-state index is 13.6. The van der Waals surface area contributed by atoms with Crippen molar-refractivity contribution in [1.82, 2.24) is 9.66 Å². The molecular weight excluding hydrogens is 549 g/mol. The number of hydrogen-bond donors (Lipinski definition) is 1. The number of fused-ring (bicyclic) bond motifs is 2. The number of rotatable bonds is 8. The van der Waals surface area contributed by atoms with Crippen LogP contribution in [0.4, 0.5) is 15.8 Å². The monoisotopic (exact) mass is 575 g/mol. The summed E-state index contributed by atoms with van der Waals surface area (Å²) in [6.07, 6.45) is 1.48. The van der Waals surface area contributed by atoms with E-state index >= 15 is 0 Å². The number of nitrogens with zero attached hydrogens (tertiary/aromatic N) is 4. The molecule has 0 unspecified atom stereocenters. The van der Waals surface area contributed by atoms with Crippen molar-refractivity contribution in [2.75, 3.05) is 30.9 Å². The van der Waals surface area contributed by atoms with Gasteiger partial charge in [-0.2, -0.15) is 9.78 Å². The number of nitrogens with one attached hydrogen (secondary N) is 1. The van der Waals surface area contributed by atoms with Crippen LogP contribution >= 0.6 is 0 Å². The largest absolute Gasteiger partial charge is 0.483 e. The highest BCUT2D eigenvalue weighted by Crippen LogP contribution is 2.28. The first-order valence-corrected chi connectivity index (χ1v) is 13.4. The zero-order chi connectivity index (χ0) is 29.9. The Balaban J connectivity index is 1.37. The molecule has 2 heterocycles. The molecule has 1 N–H and O–H groups in total. The molecule has 4 aromatic carbocycles. The van der Waals surface area contributed by atoms with E-state index in [1.807, 2.05) is 61.5 Å². The molecule has 0 bridgehead atoms. The number of halogens is 1. The van der Waals surface area contributed by atoms with Crippen molar-refractivity contribution in [1.29, 1.82) is 0 Å². The van der Waals surface area contributed by atoms with E-state index in [2.05, 4.69) is 10.4 Å². The van der Waals surface area contributed by atoms with E-state index in [-0.39, 0.29) is 18.0 Å². The summed E-state index contributed by atoms with van der Waals surface area (Å²) in [5.41, 5.74) is 2.45. The first-order valence-electron chi connectivity index (χ1n) is 13.4. The van der Waals surface area contributed by atoms with Crippen molar-refractivity contribution in [3.8, 4) is 17.3 Å². The fourth-order valence-electron chi connectivity index (χ4n) is 4.54. The van der Waals surface area contributed by atoms with Crippen LogP contribution in [0.1, 0.15) is 5.56 Å². The van der Waals surface area contributed by atoms with E-state index in [0.29, 0.717) is 39.2 Å². The number of benzene rings is 4. The van der Waals surface area contributed by atoms with E-state index < -0.39 is 11.7 Å². The lowest BCUT2D eigenvalue weighted by Crippen LogP contribution is -2.21. The number of carbonyl (C=O) groups is 1. The van der Waals surface area contributed by atoms with Gasteiger partial charge >= 0.3 is 0 Å². The van der Waals surface area contributed by atoms with Gasteiger partial charge in [-0.15, -0.1) is 0 Å². The Kier molecular flexibility index (Phi) is 7.40. The molecule has 10 heteroatoms. The molecule has 2 aromatic heterocycles. The van der Waals surface area contributed by atoms with Gasteiger partial charge < -0.3 is 19.4 Å². The molecule has 0 aliphatic heterocycles. The van der Waals surface area contributed by atoms with Crippen LogP contribution < -0.4 is 20.5 Å². The molecule has 9 nitrogen and oxygen atoms in total. The highest BCUT2D eigenvalue weighted by molar-refractivity contribution is 5.92. The number of amides is 1. The molecule has 0 radical (unpaired) electrons. The fraction of sp³-hybridized carbons (Fsp3) is 0.0909. The molecule has 6 rings (SSSR count). The summed E-state index contributed by atoms with van der Waals surface area (Å²) in [6, 6.07) is 27.4. The van der Waals surface area contributed by atoms with Crippen LogP contribution in [-0.4, -0.2) is 42.5 Å².